The lowest BCUT2D eigenvalue weighted by Gasteiger charge is -1.96. The fraction of sp³-hybridized carbons (Fsp3) is 0. The Morgan fingerprint density at radius 2 is 2.08 bits per heavy atom. The van der Waals surface area contributed by atoms with Crippen LogP contribution >= 0.6 is 0 Å². The minimum absolute atomic E-state index is 0.178. The lowest BCUT2D eigenvalue weighted by atomic mass is 10.2. The number of phenols is 1. The molecule has 0 saturated heterocycles. The molecule has 1 aromatic carbocycles. The first-order valence-corrected chi connectivity index (χ1v) is 3.18. The van der Waals surface area contributed by atoms with Crippen molar-refractivity contribution in [1.82, 2.24) is 4.98 Å². The molecule has 1 aromatic heterocycles. The fourth-order valence-electron chi connectivity index (χ4n) is 0.848. The number of nitrogens with one attached hydrogen (secondary N) is 1. The van der Waals surface area contributed by atoms with Gasteiger partial charge in [-0.05, 0) is 23.5 Å². The molecule has 0 atom stereocenters. The van der Waals surface area contributed by atoms with Crippen LogP contribution in [0.25, 0.3) is 10.9 Å². The van der Waals surface area contributed by atoms with Crippen LogP contribution in [0.4, 0.5) is 0 Å². The van der Waals surface area contributed by atoms with Crippen molar-refractivity contribution in [2.24, 2.45) is 0 Å². The molecular formula is C9H7NO2. The van der Waals surface area contributed by atoms with Gasteiger partial charge in [0, 0.05) is 12.1 Å². The van der Waals surface area contributed by atoms with Crippen LogP contribution in [0.3, 0.4) is 0 Å². The van der Waals surface area contributed by atoms with Crippen molar-refractivity contribution in [3.8, 4) is 5.75 Å². The van der Waals surface area contributed by atoms with Crippen molar-refractivity contribution < 1.29 is 12.0 Å². The van der Waals surface area contributed by atoms with Crippen molar-refractivity contribution in [2.75, 3.05) is 0 Å². The molecule has 0 spiro atoms. The number of aromatic amines is 1. The van der Waals surface area contributed by atoms with Gasteiger partial charge in [0.2, 0.25) is 5.56 Å². The third kappa shape index (κ3) is 1.05. The second kappa shape index (κ2) is 2.37. The van der Waals surface area contributed by atoms with E-state index in [9.17, 15) is 9.90 Å². The van der Waals surface area contributed by atoms with E-state index in [-0.39, 0.29) is 10.9 Å². The minimum atomic E-state index is -0.868. The molecule has 3 nitrogen and oxygen atoms in total. The van der Waals surface area contributed by atoms with Gasteiger partial charge in [-0.3, -0.25) is 4.79 Å². The number of fused-ring (bicyclic) bond motifs is 1. The van der Waals surface area contributed by atoms with Crippen molar-refractivity contribution in [2.45, 2.75) is 0 Å². The van der Waals surface area contributed by atoms with Crippen LogP contribution in [0.5, 0.6) is 5.75 Å². The van der Waals surface area contributed by atoms with Crippen LogP contribution in [0, 0.1) is 0 Å². The summed E-state index contributed by atoms with van der Waals surface area (Å²) in [5.41, 5.74) is -1.07. The molecule has 0 saturated carbocycles. The first kappa shape index (κ1) is 3.31. The Labute approximate surface area is 75.3 Å². The van der Waals surface area contributed by atoms with Gasteiger partial charge in [0.15, 0.2) is 0 Å². The summed E-state index contributed by atoms with van der Waals surface area (Å²) in [6.07, 6.45) is 0. The van der Waals surface area contributed by atoms with Gasteiger partial charge >= 0.3 is 0 Å². The van der Waals surface area contributed by atoms with Gasteiger partial charge in [0.25, 0.3) is 0 Å². The molecule has 0 bridgehead atoms. The molecule has 0 aliphatic carbocycles. The monoisotopic (exact) mass is 166 g/mol. The first-order chi connectivity index (χ1) is 7.86. The van der Waals surface area contributed by atoms with Gasteiger partial charge in [0.1, 0.15) is 5.75 Å². The molecule has 0 amide bonds. The number of hydrogen-bond donors (Lipinski definition) is 2. The predicted octanol–water partition coefficient (Wildman–Crippen LogP) is 1.23. The van der Waals surface area contributed by atoms with Gasteiger partial charge in [-0.1, -0.05) is 0 Å². The number of phenolic OH excluding ortho intramolecular Hbond substituents is 1. The Morgan fingerprint density at radius 1 is 1.33 bits per heavy atom. The zero-order valence-electron chi connectivity index (χ0n) is 10.9. The van der Waals surface area contributed by atoms with E-state index in [1.165, 1.54) is 0 Å². The minimum Gasteiger partial charge on any atom is -0.508 e. The number of aromatic hydroxyl groups is 1. The maximum absolute atomic E-state index is 11.3. The van der Waals surface area contributed by atoms with Crippen molar-refractivity contribution >= 4 is 10.9 Å². The summed E-state index contributed by atoms with van der Waals surface area (Å²) < 4.78 is 37.4. The van der Waals surface area contributed by atoms with Gasteiger partial charge in [-0.15, -0.1) is 0 Å². The van der Waals surface area contributed by atoms with E-state index < -0.39 is 41.5 Å². The molecule has 0 aliphatic rings. The van der Waals surface area contributed by atoms with E-state index in [2.05, 4.69) is 4.98 Å². The zero-order chi connectivity index (χ0) is 12.9. The van der Waals surface area contributed by atoms with E-state index in [0.29, 0.717) is 0 Å². The predicted molar refractivity (Wildman–Crippen MR) is 46.2 cm³/mol. The Kier molecular flexibility index (Phi) is 0.654. The summed E-state index contributed by atoms with van der Waals surface area (Å²) in [6.45, 7) is 0. The smallest absolute Gasteiger partial charge is 0.248 e. The third-order valence-corrected chi connectivity index (χ3v) is 1.34. The first-order valence-electron chi connectivity index (χ1n) is 5.68. The molecule has 0 unspecified atom stereocenters. The Bertz CT molecular complexity index is 694. The van der Waals surface area contributed by atoms with E-state index >= 15 is 0 Å². The van der Waals surface area contributed by atoms with Crippen LogP contribution in [-0.4, -0.2) is 10.1 Å². The van der Waals surface area contributed by atoms with E-state index in [1.54, 1.807) is 0 Å². The van der Waals surface area contributed by atoms with Gasteiger partial charge in [-0.25, -0.2) is 0 Å². The van der Waals surface area contributed by atoms with Gasteiger partial charge in [0.05, 0.1) is 12.4 Å². The summed E-state index contributed by atoms with van der Waals surface area (Å²) in [7, 11) is 0. The van der Waals surface area contributed by atoms with Crippen LogP contribution in [-0.2, 0) is 0 Å². The van der Waals surface area contributed by atoms with Crippen LogP contribution in [0.2, 0.25) is 0 Å². The number of benzene rings is 1. The normalized spacial score (nSPS) is 16.2. The quantitative estimate of drug-likeness (QED) is 0.618. The number of rotatable bonds is 0. The molecule has 12 heavy (non-hydrogen) atoms. The molecular weight excluding hydrogens is 154 g/mol. The number of hydrogen-bond acceptors (Lipinski definition) is 2. The Hall–Kier alpha value is -1.77. The molecule has 2 N–H and O–H groups in total. The molecule has 3 heteroatoms. The lowest BCUT2D eigenvalue weighted by Crippen LogP contribution is -2.01. The number of aromatic nitrogens is 1. The van der Waals surface area contributed by atoms with Crippen LogP contribution in [0.1, 0.15) is 6.85 Å². The molecule has 0 fully saturated rings. The number of pyridine rings is 1. The van der Waals surface area contributed by atoms with Gasteiger partial charge < -0.3 is 10.1 Å². The molecule has 2 rings (SSSR count). The van der Waals surface area contributed by atoms with Crippen molar-refractivity contribution in [1.29, 1.82) is 0 Å². The summed E-state index contributed by atoms with van der Waals surface area (Å²) >= 11 is 0. The van der Waals surface area contributed by atoms with Gasteiger partial charge in [-0.2, -0.15) is 0 Å². The fourth-order valence-corrected chi connectivity index (χ4v) is 0.848. The van der Waals surface area contributed by atoms with E-state index in [1.807, 2.05) is 0 Å². The largest absolute Gasteiger partial charge is 0.508 e. The summed E-state index contributed by atoms with van der Waals surface area (Å²) in [4.78, 5) is 13.4. The van der Waals surface area contributed by atoms with Crippen LogP contribution < -0.4 is 5.56 Å². The average Bonchev–Trinajstić information content (AvgIpc) is 2.30. The highest BCUT2D eigenvalue weighted by molar-refractivity contribution is 5.79. The van der Waals surface area contributed by atoms with Crippen molar-refractivity contribution in [3.63, 3.8) is 0 Å². The van der Waals surface area contributed by atoms with Crippen molar-refractivity contribution in [3.05, 3.63) is 40.6 Å². The summed E-state index contributed by atoms with van der Waals surface area (Å²) in [5.74, 6) is -0.727. The molecule has 1 heterocycles. The Morgan fingerprint density at radius 3 is 2.92 bits per heavy atom. The summed E-state index contributed by atoms with van der Waals surface area (Å²) in [6, 6.07) is -2.75. The highest BCUT2D eigenvalue weighted by Gasteiger charge is 1.94. The second-order valence-corrected chi connectivity index (χ2v) is 2.18. The van der Waals surface area contributed by atoms with E-state index in [0.717, 1.165) is 0 Å². The average molecular weight is 166 g/mol. The summed E-state index contributed by atoms with van der Waals surface area (Å²) in [5, 5.41) is 9.23. The highest BCUT2D eigenvalue weighted by Crippen LogP contribution is 2.15. The topological polar surface area (TPSA) is 53.1 Å². The Balaban J connectivity index is 3.18. The SMILES string of the molecule is [2H]c1c(O)c([2H])c2[nH]c(=O)c([2H])c([2H])c2c1[2H]. The lowest BCUT2D eigenvalue weighted by molar-refractivity contribution is 0.476. The molecule has 2 aromatic rings. The second-order valence-electron chi connectivity index (χ2n) is 2.18. The third-order valence-electron chi connectivity index (χ3n) is 1.34. The highest BCUT2D eigenvalue weighted by atomic mass is 16.3. The molecule has 0 aliphatic heterocycles. The standard InChI is InChI=1S/C9H7NO2/c11-7-3-1-6-2-4-9(12)10-8(6)5-7/h1-5,11H,(H,10,12)/i1D,2D,3D,4D,5D. The number of H-pyrrole nitrogens is 1. The molecule has 0 radical (unpaired) electrons. The van der Waals surface area contributed by atoms with E-state index in [4.69, 9.17) is 6.85 Å². The molecule has 60 valence electrons. The zero-order valence-corrected chi connectivity index (χ0v) is 5.86. The van der Waals surface area contributed by atoms with Crippen LogP contribution in [0.15, 0.2) is 35.0 Å². The maximum atomic E-state index is 11.3. The maximum Gasteiger partial charge on any atom is 0.248 e.